The summed E-state index contributed by atoms with van der Waals surface area (Å²) < 4.78 is 0. The first-order valence-electron chi connectivity index (χ1n) is 7.11. The molecule has 1 aliphatic rings. The summed E-state index contributed by atoms with van der Waals surface area (Å²) in [6.07, 6.45) is 1.76. The maximum absolute atomic E-state index is 12.0. The summed E-state index contributed by atoms with van der Waals surface area (Å²) in [5.74, 6) is 0. The Balaban J connectivity index is 2.08. The van der Waals surface area contributed by atoms with Crippen molar-refractivity contribution < 1.29 is 9.72 Å². The van der Waals surface area contributed by atoms with Crippen LogP contribution in [0.5, 0.6) is 0 Å². The van der Waals surface area contributed by atoms with E-state index in [4.69, 9.17) is 0 Å². The van der Waals surface area contributed by atoms with Gasteiger partial charge in [-0.2, -0.15) is 0 Å². The maximum Gasteiger partial charge on any atom is 0.321 e. The summed E-state index contributed by atoms with van der Waals surface area (Å²) >= 11 is 0. The molecule has 0 aliphatic carbocycles. The minimum atomic E-state index is -0.438. The fourth-order valence-corrected chi connectivity index (χ4v) is 2.60. The fourth-order valence-electron chi connectivity index (χ4n) is 2.60. The predicted molar refractivity (Wildman–Crippen MR) is 86.6 cm³/mol. The van der Waals surface area contributed by atoms with Crippen LogP contribution >= 0.6 is 0 Å². The zero-order valence-electron chi connectivity index (χ0n) is 12.5. The molecule has 0 saturated heterocycles. The Bertz CT molecular complexity index is 787. The molecule has 23 heavy (non-hydrogen) atoms. The Morgan fingerprint density at radius 3 is 2.57 bits per heavy atom. The Morgan fingerprint density at radius 1 is 1.13 bits per heavy atom. The molecule has 3 rings (SSSR count). The number of nitrogens with zero attached hydrogens (tertiary/aromatic N) is 2. The third-order valence-corrected chi connectivity index (χ3v) is 3.75. The van der Waals surface area contributed by atoms with Gasteiger partial charge >= 0.3 is 6.03 Å². The van der Waals surface area contributed by atoms with E-state index in [1.165, 1.54) is 17.0 Å². The van der Waals surface area contributed by atoms with E-state index in [0.717, 1.165) is 11.1 Å². The summed E-state index contributed by atoms with van der Waals surface area (Å²) in [5.41, 5.74) is 2.52. The number of rotatable bonds is 3. The zero-order valence-corrected chi connectivity index (χ0v) is 12.5. The van der Waals surface area contributed by atoms with E-state index in [0.29, 0.717) is 5.56 Å². The van der Waals surface area contributed by atoms with Crippen LogP contribution in [0.15, 0.2) is 60.8 Å². The highest BCUT2D eigenvalue weighted by Crippen LogP contribution is 2.34. The lowest BCUT2D eigenvalue weighted by Gasteiger charge is -2.30. The fraction of sp³-hybridized carbons (Fsp3) is 0.118. The molecule has 6 heteroatoms. The van der Waals surface area contributed by atoms with Gasteiger partial charge in [-0.25, -0.2) is 4.79 Å². The van der Waals surface area contributed by atoms with Crippen molar-refractivity contribution in [1.82, 2.24) is 10.2 Å². The number of non-ortho nitro benzene ring substituents is 1. The van der Waals surface area contributed by atoms with E-state index in [9.17, 15) is 14.9 Å². The van der Waals surface area contributed by atoms with Gasteiger partial charge in [0.25, 0.3) is 5.69 Å². The number of nitrogens with one attached hydrogen (secondary N) is 1. The van der Waals surface area contributed by atoms with Gasteiger partial charge in [0.15, 0.2) is 0 Å². The first kappa shape index (κ1) is 14.8. The van der Waals surface area contributed by atoms with Crippen LogP contribution in [0.1, 0.15) is 17.2 Å². The Morgan fingerprint density at radius 2 is 1.87 bits per heavy atom. The summed E-state index contributed by atoms with van der Waals surface area (Å²) in [4.78, 5) is 24.0. The molecule has 1 heterocycles. The summed E-state index contributed by atoms with van der Waals surface area (Å²) in [6.45, 7) is 0. The van der Waals surface area contributed by atoms with E-state index >= 15 is 0 Å². The van der Waals surface area contributed by atoms with Gasteiger partial charge in [-0.3, -0.25) is 10.1 Å². The van der Waals surface area contributed by atoms with Crippen LogP contribution in [0.2, 0.25) is 0 Å². The average molecular weight is 309 g/mol. The van der Waals surface area contributed by atoms with Gasteiger partial charge in [0, 0.05) is 31.0 Å². The summed E-state index contributed by atoms with van der Waals surface area (Å²) in [6, 6.07) is 15.3. The van der Waals surface area contributed by atoms with E-state index in [2.05, 4.69) is 5.32 Å². The van der Waals surface area contributed by atoms with Crippen LogP contribution < -0.4 is 5.32 Å². The predicted octanol–water partition coefficient (Wildman–Crippen LogP) is 3.33. The lowest BCUT2D eigenvalue weighted by molar-refractivity contribution is -0.384. The molecule has 0 radical (unpaired) electrons. The molecule has 6 nitrogen and oxygen atoms in total. The van der Waals surface area contributed by atoms with Crippen molar-refractivity contribution in [3.63, 3.8) is 0 Å². The van der Waals surface area contributed by atoms with Crippen LogP contribution in [0, 0.1) is 10.1 Å². The van der Waals surface area contributed by atoms with Crippen molar-refractivity contribution in [2.45, 2.75) is 6.04 Å². The second-order valence-corrected chi connectivity index (χ2v) is 5.30. The molecule has 1 atom stereocenters. The van der Waals surface area contributed by atoms with Gasteiger partial charge in [0.05, 0.1) is 11.0 Å². The lowest BCUT2D eigenvalue weighted by Crippen LogP contribution is -2.41. The number of hydrogen-bond acceptors (Lipinski definition) is 3. The number of urea groups is 1. The molecule has 2 aromatic rings. The van der Waals surface area contributed by atoms with E-state index in [1.807, 2.05) is 30.3 Å². The number of hydrogen-bond donors (Lipinski definition) is 1. The molecular weight excluding hydrogens is 294 g/mol. The SMILES string of the molecule is CN1C=C(c2ccccc2)C(c2cccc([N+](=O)[O-])c2)NC1=O. The molecule has 0 aromatic heterocycles. The number of amides is 2. The normalized spacial score (nSPS) is 17.4. The Kier molecular flexibility index (Phi) is 3.80. The highest BCUT2D eigenvalue weighted by Gasteiger charge is 2.27. The Labute approximate surface area is 133 Å². The number of nitro groups is 1. The largest absolute Gasteiger partial charge is 0.327 e. The van der Waals surface area contributed by atoms with Crippen molar-refractivity contribution in [2.24, 2.45) is 0 Å². The molecule has 2 aromatic carbocycles. The average Bonchev–Trinajstić information content (AvgIpc) is 2.58. The number of nitro benzene ring substituents is 1. The number of carbonyl (C=O) groups is 1. The topological polar surface area (TPSA) is 75.5 Å². The molecule has 2 amide bonds. The van der Waals surface area contributed by atoms with E-state index in [1.54, 1.807) is 25.4 Å². The first-order valence-corrected chi connectivity index (χ1v) is 7.11. The smallest absolute Gasteiger partial charge is 0.321 e. The van der Waals surface area contributed by atoms with Crippen LogP contribution in [0.3, 0.4) is 0 Å². The van der Waals surface area contributed by atoms with Gasteiger partial charge < -0.3 is 10.2 Å². The van der Waals surface area contributed by atoms with Gasteiger partial charge in [-0.15, -0.1) is 0 Å². The molecule has 0 saturated carbocycles. The monoisotopic (exact) mass is 309 g/mol. The van der Waals surface area contributed by atoms with Crippen LogP contribution in [0.4, 0.5) is 10.5 Å². The van der Waals surface area contributed by atoms with Crippen molar-refractivity contribution in [3.8, 4) is 0 Å². The van der Waals surface area contributed by atoms with Crippen LogP contribution in [-0.4, -0.2) is 22.9 Å². The second-order valence-electron chi connectivity index (χ2n) is 5.30. The molecule has 0 fully saturated rings. The third kappa shape index (κ3) is 2.91. The minimum absolute atomic E-state index is 0.00286. The lowest BCUT2D eigenvalue weighted by atomic mass is 9.92. The molecule has 1 unspecified atom stereocenters. The maximum atomic E-state index is 12.0. The highest BCUT2D eigenvalue weighted by atomic mass is 16.6. The second kappa shape index (κ2) is 5.92. The zero-order chi connectivity index (χ0) is 16.4. The minimum Gasteiger partial charge on any atom is -0.327 e. The molecular formula is C17H15N3O3. The van der Waals surface area contributed by atoms with Gasteiger partial charge in [0.2, 0.25) is 0 Å². The molecule has 0 spiro atoms. The molecule has 116 valence electrons. The van der Waals surface area contributed by atoms with Crippen molar-refractivity contribution >= 4 is 17.3 Å². The van der Waals surface area contributed by atoms with Gasteiger partial charge in [-0.05, 0) is 11.1 Å². The first-order chi connectivity index (χ1) is 11.1. The highest BCUT2D eigenvalue weighted by molar-refractivity contribution is 5.86. The van der Waals surface area contributed by atoms with Crippen molar-refractivity contribution in [3.05, 3.63) is 82.0 Å². The van der Waals surface area contributed by atoms with Gasteiger partial charge in [0.1, 0.15) is 0 Å². The molecule has 0 bridgehead atoms. The molecule has 1 N–H and O–H groups in total. The van der Waals surface area contributed by atoms with E-state index in [-0.39, 0.29) is 11.7 Å². The third-order valence-electron chi connectivity index (χ3n) is 3.75. The van der Waals surface area contributed by atoms with E-state index < -0.39 is 11.0 Å². The number of benzene rings is 2. The van der Waals surface area contributed by atoms with Crippen molar-refractivity contribution in [2.75, 3.05) is 7.05 Å². The van der Waals surface area contributed by atoms with Crippen LogP contribution in [0.25, 0.3) is 5.57 Å². The summed E-state index contributed by atoms with van der Waals surface area (Å²) in [5, 5.41) is 13.9. The quantitative estimate of drug-likeness (QED) is 0.698. The van der Waals surface area contributed by atoms with Gasteiger partial charge in [-0.1, -0.05) is 42.5 Å². The van der Waals surface area contributed by atoms with Crippen molar-refractivity contribution in [1.29, 1.82) is 0 Å². The molecule has 1 aliphatic heterocycles. The Hall–Kier alpha value is -3.15. The summed E-state index contributed by atoms with van der Waals surface area (Å²) in [7, 11) is 1.67. The number of carbonyl (C=O) groups excluding carboxylic acids is 1. The van der Waals surface area contributed by atoms with Crippen LogP contribution in [-0.2, 0) is 0 Å². The standard InChI is InChI=1S/C17H15N3O3/c1-19-11-15(12-6-3-2-4-7-12)16(18-17(19)21)13-8-5-9-14(10-13)20(22)23/h2-11,16H,1H3,(H,18,21).